The summed E-state index contributed by atoms with van der Waals surface area (Å²) in [6.45, 7) is 0. The fourth-order valence-electron chi connectivity index (χ4n) is 2.21. The molecule has 2 rings (SSSR count). The Labute approximate surface area is 116 Å². The third kappa shape index (κ3) is 2.71. The molecule has 104 valence electrons. The summed E-state index contributed by atoms with van der Waals surface area (Å²) >= 11 is 0. The second-order valence-corrected chi connectivity index (χ2v) is 4.35. The number of aliphatic carboxylic acids is 1. The highest BCUT2D eigenvalue weighted by Gasteiger charge is 2.18. The van der Waals surface area contributed by atoms with Gasteiger partial charge in [0.05, 0.1) is 7.11 Å². The number of carboxylic acids is 1. The number of fused-ring (bicyclic) bond motifs is 1. The van der Waals surface area contributed by atoms with E-state index in [9.17, 15) is 9.59 Å². The van der Waals surface area contributed by atoms with E-state index in [-0.39, 0.29) is 6.42 Å². The van der Waals surface area contributed by atoms with Crippen LogP contribution in [0.2, 0.25) is 0 Å². The maximum Gasteiger partial charge on any atom is 0.326 e. The predicted molar refractivity (Wildman–Crippen MR) is 74.8 cm³/mol. The molecule has 2 aromatic carbocycles. The number of ether oxygens (including phenoxy) is 1. The van der Waals surface area contributed by atoms with Crippen molar-refractivity contribution in [1.82, 2.24) is 5.32 Å². The van der Waals surface area contributed by atoms with Gasteiger partial charge in [-0.05, 0) is 17.0 Å². The molecule has 0 aliphatic heterocycles. The highest BCUT2D eigenvalue weighted by atomic mass is 16.5. The number of methoxy groups -OCH3 is 1. The number of hydrogen-bond acceptors (Lipinski definition) is 3. The summed E-state index contributed by atoms with van der Waals surface area (Å²) in [6, 6.07) is 10.3. The van der Waals surface area contributed by atoms with Crippen LogP contribution in [0.4, 0.5) is 0 Å². The van der Waals surface area contributed by atoms with Crippen molar-refractivity contribution in [3.05, 3.63) is 42.0 Å². The standard InChI is InChI=1S/C15H15NO4/c1-20-14-7-6-10(8-13(15(18)19)16-9-17)11-4-2-3-5-12(11)14/h2-7,9,13H,8H2,1H3,(H,16,17)(H,18,19). The van der Waals surface area contributed by atoms with Crippen molar-refractivity contribution in [1.29, 1.82) is 0 Å². The minimum atomic E-state index is -1.06. The van der Waals surface area contributed by atoms with Crippen LogP contribution in [0.25, 0.3) is 10.8 Å². The monoisotopic (exact) mass is 273 g/mol. The molecule has 5 nitrogen and oxygen atoms in total. The largest absolute Gasteiger partial charge is 0.496 e. The molecule has 2 N–H and O–H groups in total. The van der Waals surface area contributed by atoms with E-state index in [4.69, 9.17) is 9.84 Å². The van der Waals surface area contributed by atoms with Crippen LogP contribution >= 0.6 is 0 Å². The Morgan fingerprint density at radius 1 is 1.30 bits per heavy atom. The maximum atomic E-state index is 11.1. The first-order valence-electron chi connectivity index (χ1n) is 6.14. The first kappa shape index (κ1) is 13.9. The van der Waals surface area contributed by atoms with Crippen molar-refractivity contribution in [3.63, 3.8) is 0 Å². The molecule has 2 aromatic rings. The van der Waals surface area contributed by atoms with E-state index in [1.165, 1.54) is 0 Å². The average molecular weight is 273 g/mol. The quantitative estimate of drug-likeness (QED) is 0.784. The number of carboxylic acid groups (broad SMARTS) is 1. The van der Waals surface area contributed by atoms with Gasteiger partial charge in [0.15, 0.2) is 0 Å². The summed E-state index contributed by atoms with van der Waals surface area (Å²) in [5.41, 5.74) is 0.850. The molecule has 0 saturated heterocycles. The van der Waals surface area contributed by atoms with Crippen LogP contribution in [-0.2, 0) is 16.0 Å². The van der Waals surface area contributed by atoms with Crippen molar-refractivity contribution >= 4 is 23.2 Å². The molecule has 1 unspecified atom stereocenters. The van der Waals surface area contributed by atoms with Gasteiger partial charge in [0.1, 0.15) is 11.8 Å². The van der Waals surface area contributed by atoms with Gasteiger partial charge in [-0.1, -0.05) is 30.3 Å². The van der Waals surface area contributed by atoms with Crippen molar-refractivity contribution in [3.8, 4) is 5.75 Å². The molecule has 1 atom stereocenters. The molecule has 0 fully saturated rings. The summed E-state index contributed by atoms with van der Waals surface area (Å²) in [5.74, 6) is -0.323. The van der Waals surface area contributed by atoms with Gasteiger partial charge in [-0.3, -0.25) is 4.79 Å². The summed E-state index contributed by atoms with van der Waals surface area (Å²) in [4.78, 5) is 21.6. The number of rotatable bonds is 6. The normalized spacial score (nSPS) is 11.8. The highest BCUT2D eigenvalue weighted by molar-refractivity contribution is 5.91. The number of nitrogens with one attached hydrogen (secondary N) is 1. The fraction of sp³-hybridized carbons (Fsp3) is 0.200. The molecule has 0 aromatic heterocycles. The van der Waals surface area contributed by atoms with Crippen molar-refractivity contribution in [2.75, 3.05) is 7.11 Å². The lowest BCUT2D eigenvalue weighted by atomic mass is 9.98. The second-order valence-electron chi connectivity index (χ2n) is 4.35. The van der Waals surface area contributed by atoms with Crippen molar-refractivity contribution in [2.24, 2.45) is 0 Å². The molecule has 1 amide bonds. The molecular formula is C15H15NO4. The number of amides is 1. The Hall–Kier alpha value is -2.56. The summed E-state index contributed by atoms with van der Waals surface area (Å²) in [6.07, 6.45) is 0.628. The van der Waals surface area contributed by atoms with Gasteiger partial charge >= 0.3 is 5.97 Å². The highest BCUT2D eigenvalue weighted by Crippen LogP contribution is 2.28. The SMILES string of the molecule is COc1ccc(CC(NC=O)C(=O)O)c2ccccc12. The van der Waals surface area contributed by atoms with E-state index in [1.54, 1.807) is 13.2 Å². The van der Waals surface area contributed by atoms with Gasteiger partial charge in [0, 0.05) is 11.8 Å². The smallest absolute Gasteiger partial charge is 0.326 e. The molecule has 5 heteroatoms. The Balaban J connectivity index is 2.44. The first-order valence-corrected chi connectivity index (χ1v) is 6.14. The van der Waals surface area contributed by atoms with Gasteiger partial charge < -0.3 is 15.2 Å². The van der Waals surface area contributed by atoms with Crippen LogP contribution in [0.15, 0.2) is 36.4 Å². The van der Waals surface area contributed by atoms with Gasteiger partial charge in [-0.2, -0.15) is 0 Å². The molecule has 0 bridgehead atoms. The predicted octanol–water partition coefficient (Wildman–Crippen LogP) is 1.59. The van der Waals surface area contributed by atoms with E-state index in [1.807, 2.05) is 30.3 Å². The molecule has 0 heterocycles. The summed E-state index contributed by atoms with van der Waals surface area (Å²) < 4.78 is 5.29. The van der Waals surface area contributed by atoms with E-state index in [2.05, 4.69) is 5.32 Å². The maximum absolute atomic E-state index is 11.1. The van der Waals surface area contributed by atoms with Gasteiger partial charge in [0.25, 0.3) is 0 Å². The molecule has 20 heavy (non-hydrogen) atoms. The van der Waals surface area contributed by atoms with Crippen LogP contribution < -0.4 is 10.1 Å². The molecule has 0 aliphatic carbocycles. The zero-order valence-electron chi connectivity index (χ0n) is 11.0. The molecule has 0 aliphatic rings. The number of carbonyl (C=O) groups excluding carboxylic acids is 1. The Morgan fingerprint density at radius 3 is 2.60 bits per heavy atom. The molecule has 0 saturated carbocycles. The third-order valence-electron chi connectivity index (χ3n) is 3.19. The number of carbonyl (C=O) groups is 2. The lowest BCUT2D eigenvalue weighted by Gasteiger charge is -2.14. The summed E-state index contributed by atoms with van der Waals surface area (Å²) in [7, 11) is 1.59. The Kier molecular flexibility index (Phi) is 4.20. The van der Waals surface area contributed by atoms with E-state index in [0.717, 1.165) is 22.1 Å². The van der Waals surface area contributed by atoms with Gasteiger partial charge in [0.2, 0.25) is 6.41 Å². The minimum Gasteiger partial charge on any atom is -0.496 e. The zero-order valence-corrected chi connectivity index (χ0v) is 11.0. The average Bonchev–Trinajstić information content (AvgIpc) is 2.46. The topological polar surface area (TPSA) is 75.6 Å². The summed E-state index contributed by atoms with van der Waals surface area (Å²) in [5, 5.41) is 13.2. The lowest BCUT2D eigenvalue weighted by molar-refractivity contribution is -0.140. The number of hydrogen-bond donors (Lipinski definition) is 2. The van der Waals surface area contributed by atoms with Gasteiger partial charge in [-0.25, -0.2) is 4.79 Å². The van der Waals surface area contributed by atoms with Crippen LogP contribution in [0.5, 0.6) is 5.75 Å². The zero-order chi connectivity index (χ0) is 14.5. The first-order chi connectivity index (χ1) is 9.67. The molecule has 0 radical (unpaired) electrons. The third-order valence-corrected chi connectivity index (χ3v) is 3.19. The number of benzene rings is 2. The molecule has 0 spiro atoms. The van der Waals surface area contributed by atoms with Crippen LogP contribution in [0, 0.1) is 0 Å². The Morgan fingerprint density at radius 2 is 2.00 bits per heavy atom. The minimum absolute atomic E-state index is 0.221. The van der Waals surface area contributed by atoms with Crippen molar-refractivity contribution < 1.29 is 19.4 Å². The molecular weight excluding hydrogens is 258 g/mol. The van der Waals surface area contributed by atoms with Crippen molar-refractivity contribution in [2.45, 2.75) is 12.5 Å². The van der Waals surface area contributed by atoms with E-state index >= 15 is 0 Å². The van der Waals surface area contributed by atoms with Crippen LogP contribution in [0.3, 0.4) is 0 Å². The van der Waals surface area contributed by atoms with Crippen LogP contribution in [0.1, 0.15) is 5.56 Å². The Bertz CT molecular complexity index is 639. The van der Waals surface area contributed by atoms with Crippen LogP contribution in [-0.4, -0.2) is 30.6 Å². The second kappa shape index (κ2) is 6.06. The van der Waals surface area contributed by atoms with E-state index < -0.39 is 12.0 Å². The lowest BCUT2D eigenvalue weighted by Crippen LogP contribution is -2.37. The fourth-order valence-corrected chi connectivity index (χ4v) is 2.21. The van der Waals surface area contributed by atoms with Gasteiger partial charge in [-0.15, -0.1) is 0 Å². The van der Waals surface area contributed by atoms with E-state index in [0.29, 0.717) is 6.41 Å².